The fourth-order valence-electron chi connectivity index (χ4n) is 6.33. The summed E-state index contributed by atoms with van der Waals surface area (Å²) in [6.45, 7) is 14.7. The number of carbonyl (C=O) groups excluding carboxylic acids is 2. The van der Waals surface area contributed by atoms with Gasteiger partial charge in [0.1, 0.15) is 0 Å². The SMILES string of the molecule is Cc1ccc(N2CCN(C(=O)c3ccc([C@@H]4C(=O)NC(C)(C)C4C(C)C)cc3S(C)(=O)=O)CC2)c(C)c1. The van der Waals surface area contributed by atoms with E-state index in [0.717, 1.165) is 11.9 Å². The number of hydrogen-bond donors (Lipinski definition) is 1. The number of sulfone groups is 1. The van der Waals surface area contributed by atoms with Gasteiger partial charge in [0.15, 0.2) is 9.84 Å². The number of carbonyl (C=O) groups is 2. The van der Waals surface area contributed by atoms with Gasteiger partial charge < -0.3 is 15.1 Å². The Morgan fingerprint density at radius 1 is 1.03 bits per heavy atom. The summed E-state index contributed by atoms with van der Waals surface area (Å²) in [5.41, 5.74) is 3.98. The molecule has 0 radical (unpaired) electrons. The van der Waals surface area contributed by atoms with Gasteiger partial charge in [-0.1, -0.05) is 37.6 Å². The molecule has 2 aliphatic rings. The fraction of sp³-hybridized carbons (Fsp3) is 0.517. The highest BCUT2D eigenvalue weighted by molar-refractivity contribution is 7.90. The summed E-state index contributed by atoms with van der Waals surface area (Å²) < 4.78 is 25.7. The Morgan fingerprint density at radius 3 is 2.24 bits per heavy atom. The third kappa shape index (κ3) is 5.26. The van der Waals surface area contributed by atoms with Gasteiger partial charge in [-0.3, -0.25) is 9.59 Å². The second-order valence-corrected chi connectivity index (χ2v) is 13.5. The van der Waals surface area contributed by atoms with Gasteiger partial charge in [0.25, 0.3) is 5.91 Å². The fourth-order valence-corrected chi connectivity index (χ4v) is 7.24. The zero-order valence-electron chi connectivity index (χ0n) is 23.0. The van der Waals surface area contributed by atoms with Crippen molar-refractivity contribution in [3.63, 3.8) is 0 Å². The second kappa shape index (κ2) is 9.78. The number of piperazine rings is 1. The Labute approximate surface area is 221 Å². The third-order valence-corrected chi connectivity index (χ3v) is 9.03. The molecule has 2 aliphatic heterocycles. The van der Waals surface area contributed by atoms with Gasteiger partial charge in [0.05, 0.1) is 16.4 Å². The second-order valence-electron chi connectivity index (χ2n) is 11.6. The van der Waals surface area contributed by atoms with Crippen molar-refractivity contribution in [2.24, 2.45) is 11.8 Å². The molecule has 2 aromatic rings. The van der Waals surface area contributed by atoms with Crippen molar-refractivity contribution >= 4 is 27.3 Å². The molecular formula is C29H39N3O4S. The van der Waals surface area contributed by atoms with Crippen LogP contribution < -0.4 is 10.2 Å². The average Bonchev–Trinajstić information content (AvgIpc) is 3.06. The molecule has 2 amide bonds. The zero-order chi connectivity index (χ0) is 27.3. The van der Waals surface area contributed by atoms with Crippen LogP contribution in [0.3, 0.4) is 0 Å². The van der Waals surface area contributed by atoms with Crippen LogP contribution in [0.2, 0.25) is 0 Å². The van der Waals surface area contributed by atoms with E-state index in [1.807, 2.05) is 13.8 Å². The van der Waals surface area contributed by atoms with Crippen molar-refractivity contribution in [3.8, 4) is 0 Å². The van der Waals surface area contributed by atoms with E-state index in [4.69, 9.17) is 0 Å². The number of rotatable bonds is 5. The van der Waals surface area contributed by atoms with Crippen LogP contribution in [0.25, 0.3) is 0 Å². The van der Waals surface area contributed by atoms with E-state index in [-0.39, 0.29) is 34.1 Å². The number of anilines is 1. The van der Waals surface area contributed by atoms with Crippen molar-refractivity contribution in [1.29, 1.82) is 0 Å². The number of nitrogens with zero attached hydrogens (tertiary/aromatic N) is 2. The number of aryl methyl sites for hydroxylation is 2. The first-order chi connectivity index (χ1) is 17.2. The molecule has 1 N–H and O–H groups in total. The van der Waals surface area contributed by atoms with Gasteiger partial charge >= 0.3 is 0 Å². The third-order valence-electron chi connectivity index (χ3n) is 7.89. The van der Waals surface area contributed by atoms with Crippen LogP contribution in [-0.2, 0) is 14.6 Å². The van der Waals surface area contributed by atoms with Gasteiger partial charge in [0, 0.05) is 43.7 Å². The van der Waals surface area contributed by atoms with Crippen molar-refractivity contribution < 1.29 is 18.0 Å². The molecule has 2 aromatic carbocycles. The predicted octanol–water partition coefficient (Wildman–Crippen LogP) is 3.93. The van der Waals surface area contributed by atoms with E-state index >= 15 is 0 Å². The Bertz CT molecular complexity index is 1320. The van der Waals surface area contributed by atoms with Crippen molar-refractivity contribution in [1.82, 2.24) is 10.2 Å². The first kappa shape index (κ1) is 27.2. The van der Waals surface area contributed by atoms with Gasteiger partial charge in [-0.15, -0.1) is 0 Å². The molecular weight excluding hydrogens is 486 g/mol. The lowest BCUT2D eigenvalue weighted by Crippen LogP contribution is -2.49. The first-order valence-electron chi connectivity index (χ1n) is 13.0. The Hall–Kier alpha value is -2.87. The average molecular weight is 526 g/mol. The van der Waals surface area contributed by atoms with Gasteiger partial charge in [-0.2, -0.15) is 0 Å². The minimum absolute atomic E-state index is 0.00716. The molecule has 4 rings (SSSR count). The molecule has 0 aromatic heterocycles. The van der Waals surface area contributed by atoms with E-state index in [9.17, 15) is 18.0 Å². The Balaban J connectivity index is 1.61. The van der Waals surface area contributed by atoms with Crippen LogP contribution in [-0.4, -0.2) is 63.1 Å². The van der Waals surface area contributed by atoms with Crippen LogP contribution in [0.15, 0.2) is 41.3 Å². The largest absolute Gasteiger partial charge is 0.368 e. The van der Waals surface area contributed by atoms with E-state index < -0.39 is 21.3 Å². The molecule has 2 heterocycles. The summed E-state index contributed by atoms with van der Waals surface area (Å²) >= 11 is 0. The van der Waals surface area contributed by atoms with Crippen molar-refractivity contribution in [2.75, 3.05) is 37.3 Å². The number of hydrogen-bond acceptors (Lipinski definition) is 5. The number of amides is 2. The van der Waals surface area contributed by atoms with E-state index in [1.54, 1.807) is 23.1 Å². The summed E-state index contributed by atoms with van der Waals surface area (Å²) in [7, 11) is -3.71. The lowest BCUT2D eigenvalue weighted by molar-refractivity contribution is -0.121. The summed E-state index contributed by atoms with van der Waals surface area (Å²) in [5, 5.41) is 3.08. The first-order valence-corrected chi connectivity index (χ1v) is 14.9. The van der Waals surface area contributed by atoms with Crippen LogP contribution in [0.5, 0.6) is 0 Å². The normalized spacial score (nSPS) is 21.9. The molecule has 1 unspecified atom stereocenters. The minimum Gasteiger partial charge on any atom is -0.368 e. The summed E-state index contributed by atoms with van der Waals surface area (Å²) in [5.74, 6) is -0.669. The van der Waals surface area contributed by atoms with Gasteiger partial charge in [-0.05, 0) is 68.9 Å². The summed E-state index contributed by atoms with van der Waals surface area (Å²) in [6.07, 6.45) is 1.12. The maximum atomic E-state index is 13.6. The zero-order valence-corrected chi connectivity index (χ0v) is 23.8. The standard InChI is InChI=1S/C29H39N3O4S/c1-18(2)26-25(27(33)30-29(26,5)6)21-9-10-22(24(17-21)37(7,35)36)28(34)32-14-12-31(13-15-32)23-11-8-19(3)16-20(23)4/h8-11,16-18,25-26H,12-15H2,1-7H3,(H,30,33)/t25-,26?/m0/s1. The smallest absolute Gasteiger partial charge is 0.255 e. The molecule has 2 saturated heterocycles. The highest BCUT2D eigenvalue weighted by Gasteiger charge is 2.49. The van der Waals surface area contributed by atoms with Gasteiger partial charge in [-0.25, -0.2) is 8.42 Å². The summed E-state index contributed by atoms with van der Waals surface area (Å²) in [6, 6.07) is 11.3. The molecule has 7 nitrogen and oxygen atoms in total. The van der Waals surface area contributed by atoms with E-state index in [0.29, 0.717) is 31.7 Å². The maximum absolute atomic E-state index is 13.6. The molecule has 0 saturated carbocycles. The summed E-state index contributed by atoms with van der Waals surface area (Å²) in [4.78, 5) is 30.5. The van der Waals surface area contributed by atoms with Crippen LogP contribution in [0.4, 0.5) is 5.69 Å². The molecule has 0 spiro atoms. The predicted molar refractivity (Wildman–Crippen MR) is 147 cm³/mol. The lowest BCUT2D eigenvalue weighted by atomic mass is 9.72. The molecule has 2 atom stereocenters. The molecule has 0 aliphatic carbocycles. The molecule has 200 valence electrons. The quantitative estimate of drug-likeness (QED) is 0.639. The topological polar surface area (TPSA) is 86.8 Å². The van der Waals surface area contributed by atoms with Crippen molar-refractivity contribution in [2.45, 2.75) is 57.9 Å². The van der Waals surface area contributed by atoms with E-state index in [1.165, 1.54) is 11.1 Å². The van der Waals surface area contributed by atoms with Crippen molar-refractivity contribution in [3.05, 3.63) is 58.7 Å². The highest BCUT2D eigenvalue weighted by Crippen LogP contribution is 2.44. The molecule has 8 heteroatoms. The van der Waals surface area contributed by atoms with Gasteiger partial charge in [0.2, 0.25) is 5.91 Å². The Morgan fingerprint density at radius 2 is 1.68 bits per heavy atom. The Kier molecular flexibility index (Phi) is 7.18. The number of nitrogens with one attached hydrogen (secondary N) is 1. The van der Waals surface area contributed by atoms with Crippen LogP contribution in [0.1, 0.15) is 60.7 Å². The molecule has 0 bridgehead atoms. The molecule has 37 heavy (non-hydrogen) atoms. The maximum Gasteiger partial charge on any atom is 0.255 e. The van der Waals surface area contributed by atoms with Crippen LogP contribution in [0, 0.1) is 25.7 Å². The highest BCUT2D eigenvalue weighted by atomic mass is 32.2. The number of benzene rings is 2. The van der Waals surface area contributed by atoms with Crippen LogP contribution >= 0.6 is 0 Å². The molecule has 2 fully saturated rings. The monoisotopic (exact) mass is 525 g/mol. The lowest BCUT2D eigenvalue weighted by Gasteiger charge is -2.37. The van der Waals surface area contributed by atoms with E-state index in [2.05, 4.69) is 56.1 Å². The minimum atomic E-state index is -3.71.